The van der Waals surface area contributed by atoms with Crippen molar-refractivity contribution in [2.45, 2.75) is 19.4 Å². The summed E-state index contributed by atoms with van der Waals surface area (Å²) in [5.41, 5.74) is 2.01. The molecule has 0 unspecified atom stereocenters. The minimum Gasteiger partial charge on any atom is -0.508 e. The van der Waals surface area contributed by atoms with Gasteiger partial charge >= 0.3 is 0 Å². The highest BCUT2D eigenvalue weighted by Gasteiger charge is 2.24. The fraction of sp³-hybridized carbons (Fsp3) is 0.467. The maximum atomic E-state index is 10.1. The van der Waals surface area contributed by atoms with Gasteiger partial charge in [-0.3, -0.25) is 4.90 Å². The molecule has 0 aromatic heterocycles. The van der Waals surface area contributed by atoms with Gasteiger partial charge < -0.3 is 10.4 Å². The third kappa shape index (κ3) is 3.72. The molecule has 1 heterocycles. The summed E-state index contributed by atoms with van der Waals surface area (Å²) in [5, 5.41) is 14.1. The largest absolute Gasteiger partial charge is 0.508 e. The van der Waals surface area contributed by atoms with Gasteiger partial charge in [-0.1, -0.05) is 17.2 Å². The van der Waals surface area contributed by atoms with Crippen molar-refractivity contribution in [1.82, 2.24) is 10.2 Å². The highest BCUT2D eigenvalue weighted by molar-refractivity contribution is 6.30. The maximum Gasteiger partial charge on any atom is 0.120 e. The van der Waals surface area contributed by atoms with Gasteiger partial charge in [-0.05, 0) is 31.5 Å². The van der Waals surface area contributed by atoms with Crippen LogP contribution in [0, 0.1) is 0 Å². The first kappa shape index (κ1) is 14.4. The summed E-state index contributed by atoms with van der Waals surface area (Å²) in [7, 11) is 0. The third-order valence-corrected chi connectivity index (χ3v) is 3.72. The van der Waals surface area contributed by atoms with E-state index in [0.717, 1.165) is 43.7 Å². The topological polar surface area (TPSA) is 35.5 Å². The predicted molar refractivity (Wildman–Crippen MR) is 79.7 cm³/mol. The van der Waals surface area contributed by atoms with Crippen LogP contribution < -0.4 is 5.32 Å². The van der Waals surface area contributed by atoms with Gasteiger partial charge in [0.2, 0.25) is 0 Å². The molecule has 0 bridgehead atoms. The molecular formula is C15H21ClN2O. The smallest absolute Gasteiger partial charge is 0.120 e. The molecule has 0 saturated carbocycles. The molecule has 2 rings (SSSR count). The first-order valence-electron chi connectivity index (χ1n) is 6.65. The van der Waals surface area contributed by atoms with Crippen LogP contribution in [0.5, 0.6) is 5.75 Å². The molecule has 1 aliphatic rings. The summed E-state index contributed by atoms with van der Waals surface area (Å²) >= 11 is 6.07. The zero-order chi connectivity index (χ0) is 13.8. The number of nitrogens with zero attached hydrogens (tertiary/aromatic N) is 1. The van der Waals surface area contributed by atoms with E-state index < -0.39 is 0 Å². The third-order valence-electron chi connectivity index (χ3n) is 3.48. The SMILES string of the molecule is C=C(C)C[C@H](c1cc(Cl)ccc1O)N1CCNCC1. The number of rotatable bonds is 4. The second kappa shape index (κ2) is 6.42. The van der Waals surface area contributed by atoms with E-state index in [1.165, 1.54) is 0 Å². The van der Waals surface area contributed by atoms with Crippen LogP contribution in [-0.2, 0) is 0 Å². The fourth-order valence-electron chi connectivity index (χ4n) is 2.55. The average Bonchev–Trinajstić information content (AvgIpc) is 2.40. The van der Waals surface area contributed by atoms with Gasteiger partial charge in [-0.15, -0.1) is 6.58 Å². The summed E-state index contributed by atoms with van der Waals surface area (Å²) in [6, 6.07) is 5.41. The molecule has 0 amide bonds. The van der Waals surface area contributed by atoms with Crippen LogP contribution in [0.1, 0.15) is 24.9 Å². The standard InChI is InChI=1S/C15H21ClN2O/c1-11(2)9-14(18-7-5-17-6-8-18)13-10-12(16)3-4-15(13)19/h3-4,10,14,17,19H,1,5-9H2,2H3/t14-/m1/s1. The molecule has 1 aliphatic heterocycles. The first-order chi connectivity index (χ1) is 9.08. The van der Waals surface area contributed by atoms with Gasteiger partial charge in [0.1, 0.15) is 5.75 Å². The van der Waals surface area contributed by atoms with Crippen molar-refractivity contribution in [3.8, 4) is 5.75 Å². The number of aromatic hydroxyl groups is 1. The predicted octanol–water partition coefficient (Wildman–Crippen LogP) is 2.96. The van der Waals surface area contributed by atoms with E-state index >= 15 is 0 Å². The van der Waals surface area contributed by atoms with Crippen LogP contribution >= 0.6 is 11.6 Å². The number of halogens is 1. The number of piperazine rings is 1. The van der Waals surface area contributed by atoms with Crippen LogP contribution in [0.3, 0.4) is 0 Å². The number of benzene rings is 1. The molecule has 2 N–H and O–H groups in total. The van der Waals surface area contributed by atoms with Crippen molar-refractivity contribution in [3.63, 3.8) is 0 Å². The minimum atomic E-state index is 0.151. The highest BCUT2D eigenvalue weighted by atomic mass is 35.5. The quantitative estimate of drug-likeness (QED) is 0.833. The van der Waals surface area contributed by atoms with Crippen LogP contribution in [0.4, 0.5) is 0 Å². The van der Waals surface area contributed by atoms with E-state index in [4.69, 9.17) is 11.6 Å². The molecule has 3 nitrogen and oxygen atoms in total. The Morgan fingerprint density at radius 3 is 2.79 bits per heavy atom. The Kier molecular flexibility index (Phi) is 4.86. The molecule has 0 radical (unpaired) electrons. The zero-order valence-electron chi connectivity index (χ0n) is 11.3. The Balaban J connectivity index is 2.29. The summed E-state index contributed by atoms with van der Waals surface area (Å²) in [6.07, 6.45) is 0.841. The average molecular weight is 281 g/mol. The molecule has 0 aliphatic carbocycles. The number of nitrogens with one attached hydrogen (secondary N) is 1. The van der Waals surface area contributed by atoms with Gasteiger partial charge in [0.15, 0.2) is 0 Å². The molecule has 1 aromatic carbocycles. The van der Waals surface area contributed by atoms with E-state index in [-0.39, 0.29) is 6.04 Å². The first-order valence-corrected chi connectivity index (χ1v) is 7.03. The monoisotopic (exact) mass is 280 g/mol. The summed E-state index contributed by atoms with van der Waals surface area (Å²) < 4.78 is 0. The van der Waals surface area contributed by atoms with Gasteiger partial charge in [-0.25, -0.2) is 0 Å². The normalized spacial score (nSPS) is 18.2. The van der Waals surface area contributed by atoms with E-state index in [2.05, 4.69) is 16.8 Å². The second-order valence-electron chi connectivity index (χ2n) is 5.17. The summed E-state index contributed by atoms with van der Waals surface area (Å²) in [4.78, 5) is 2.39. The zero-order valence-corrected chi connectivity index (χ0v) is 12.1. The van der Waals surface area contributed by atoms with Crippen molar-refractivity contribution in [3.05, 3.63) is 40.9 Å². The van der Waals surface area contributed by atoms with E-state index in [1.54, 1.807) is 12.1 Å². The fourth-order valence-corrected chi connectivity index (χ4v) is 2.73. The van der Waals surface area contributed by atoms with Crippen molar-refractivity contribution < 1.29 is 5.11 Å². The van der Waals surface area contributed by atoms with Gasteiger partial charge in [0, 0.05) is 42.8 Å². The number of phenolic OH excluding ortho intramolecular Hbond substituents is 1. The number of hydrogen-bond donors (Lipinski definition) is 2. The van der Waals surface area contributed by atoms with E-state index in [9.17, 15) is 5.11 Å². The summed E-state index contributed by atoms with van der Waals surface area (Å²) in [5.74, 6) is 0.314. The van der Waals surface area contributed by atoms with Gasteiger partial charge in [0.25, 0.3) is 0 Å². The van der Waals surface area contributed by atoms with Crippen LogP contribution in [-0.4, -0.2) is 36.2 Å². The minimum absolute atomic E-state index is 0.151. The molecule has 19 heavy (non-hydrogen) atoms. The van der Waals surface area contributed by atoms with E-state index in [0.29, 0.717) is 10.8 Å². The van der Waals surface area contributed by atoms with Crippen molar-refractivity contribution in [2.24, 2.45) is 0 Å². The Bertz CT molecular complexity index is 455. The van der Waals surface area contributed by atoms with Gasteiger partial charge in [-0.2, -0.15) is 0 Å². The van der Waals surface area contributed by atoms with Crippen molar-refractivity contribution in [1.29, 1.82) is 0 Å². The lowest BCUT2D eigenvalue weighted by molar-refractivity contribution is 0.170. The molecule has 1 saturated heterocycles. The van der Waals surface area contributed by atoms with Crippen molar-refractivity contribution in [2.75, 3.05) is 26.2 Å². The molecule has 104 valence electrons. The van der Waals surface area contributed by atoms with Crippen molar-refractivity contribution >= 4 is 11.6 Å². The molecule has 1 fully saturated rings. The molecule has 1 aromatic rings. The molecular weight excluding hydrogens is 260 g/mol. The lowest BCUT2D eigenvalue weighted by Crippen LogP contribution is -2.45. The van der Waals surface area contributed by atoms with Crippen LogP contribution in [0.2, 0.25) is 5.02 Å². The molecule has 4 heteroatoms. The lowest BCUT2D eigenvalue weighted by Gasteiger charge is -2.35. The van der Waals surface area contributed by atoms with Crippen LogP contribution in [0.25, 0.3) is 0 Å². The van der Waals surface area contributed by atoms with E-state index in [1.807, 2.05) is 13.0 Å². The summed E-state index contributed by atoms with van der Waals surface area (Å²) in [6.45, 7) is 9.95. The molecule has 1 atom stereocenters. The van der Waals surface area contributed by atoms with Crippen LogP contribution in [0.15, 0.2) is 30.4 Å². The number of phenols is 1. The molecule has 0 spiro atoms. The Morgan fingerprint density at radius 1 is 1.47 bits per heavy atom. The number of hydrogen-bond acceptors (Lipinski definition) is 3. The highest BCUT2D eigenvalue weighted by Crippen LogP contribution is 2.34. The van der Waals surface area contributed by atoms with Gasteiger partial charge in [0.05, 0.1) is 0 Å². The Morgan fingerprint density at radius 2 is 2.16 bits per heavy atom. The Labute approximate surface area is 119 Å². The lowest BCUT2D eigenvalue weighted by atomic mass is 9.97. The Hall–Kier alpha value is -1.03. The maximum absolute atomic E-state index is 10.1. The second-order valence-corrected chi connectivity index (χ2v) is 5.60.